The Bertz CT molecular complexity index is 336. The summed E-state index contributed by atoms with van der Waals surface area (Å²) < 4.78 is 6.07. The maximum absolute atomic E-state index is 11.7. The van der Waals surface area contributed by atoms with Crippen LogP contribution in [-0.2, 0) is 4.74 Å². The first kappa shape index (κ1) is 12.2. The summed E-state index contributed by atoms with van der Waals surface area (Å²) in [5, 5.41) is 0. The van der Waals surface area contributed by atoms with Gasteiger partial charge in [-0.3, -0.25) is 0 Å². The SMILES string of the molecule is CCCC(C)OC(=O)c1ccccc1Br. The molecule has 2 nitrogen and oxygen atoms in total. The lowest BCUT2D eigenvalue weighted by Gasteiger charge is -2.12. The Balaban J connectivity index is 2.65. The maximum atomic E-state index is 11.7. The van der Waals surface area contributed by atoms with Gasteiger partial charge in [-0.25, -0.2) is 4.79 Å². The van der Waals surface area contributed by atoms with Crippen molar-refractivity contribution in [2.45, 2.75) is 32.8 Å². The van der Waals surface area contributed by atoms with E-state index in [1.165, 1.54) is 0 Å². The van der Waals surface area contributed by atoms with Gasteiger partial charge < -0.3 is 4.74 Å². The summed E-state index contributed by atoms with van der Waals surface area (Å²) in [4.78, 5) is 11.7. The smallest absolute Gasteiger partial charge is 0.339 e. The lowest BCUT2D eigenvalue weighted by Crippen LogP contribution is -2.15. The van der Waals surface area contributed by atoms with E-state index in [2.05, 4.69) is 22.9 Å². The molecule has 1 atom stereocenters. The van der Waals surface area contributed by atoms with E-state index in [4.69, 9.17) is 4.74 Å². The molecule has 0 N–H and O–H groups in total. The summed E-state index contributed by atoms with van der Waals surface area (Å²) in [6.45, 7) is 3.99. The zero-order valence-corrected chi connectivity index (χ0v) is 10.6. The predicted octanol–water partition coefficient (Wildman–Crippen LogP) is 3.79. The summed E-state index contributed by atoms with van der Waals surface area (Å²) in [5.74, 6) is -0.261. The summed E-state index contributed by atoms with van der Waals surface area (Å²) in [7, 11) is 0. The number of carbonyl (C=O) groups excluding carboxylic acids is 1. The fraction of sp³-hybridized carbons (Fsp3) is 0.417. The van der Waals surface area contributed by atoms with Gasteiger partial charge in [-0.15, -0.1) is 0 Å². The number of benzene rings is 1. The molecule has 0 bridgehead atoms. The van der Waals surface area contributed by atoms with Gasteiger partial charge in [-0.1, -0.05) is 25.5 Å². The van der Waals surface area contributed by atoms with Crippen molar-refractivity contribution in [3.05, 3.63) is 34.3 Å². The van der Waals surface area contributed by atoms with Gasteiger partial charge >= 0.3 is 5.97 Å². The molecule has 0 radical (unpaired) electrons. The average molecular weight is 271 g/mol. The number of hydrogen-bond donors (Lipinski definition) is 0. The average Bonchev–Trinajstić information content (AvgIpc) is 2.18. The molecule has 0 saturated heterocycles. The summed E-state index contributed by atoms with van der Waals surface area (Å²) in [5.41, 5.74) is 0.584. The Morgan fingerprint density at radius 2 is 2.13 bits per heavy atom. The van der Waals surface area contributed by atoms with Crippen molar-refractivity contribution < 1.29 is 9.53 Å². The van der Waals surface area contributed by atoms with Crippen LogP contribution in [-0.4, -0.2) is 12.1 Å². The molecule has 3 heteroatoms. The zero-order chi connectivity index (χ0) is 11.3. The highest BCUT2D eigenvalue weighted by atomic mass is 79.9. The Morgan fingerprint density at radius 3 is 2.73 bits per heavy atom. The number of halogens is 1. The van der Waals surface area contributed by atoms with Crippen LogP contribution in [0.1, 0.15) is 37.0 Å². The van der Waals surface area contributed by atoms with Crippen molar-refractivity contribution in [1.82, 2.24) is 0 Å². The molecule has 0 saturated carbocycles. The maximum Gasteiger partial charge on any atom is 0.339 e. The van der Waals surface area contributed by atoms with Gasteiger partial charge in [0.05, 0.1) is 11.7 Å². The van der Waals surface area contributed by atoms with E-state index in [1.54, 1.807) is 6.07 Å². The second-order valence-corrected chi connectivity index (χ2v) is 4.34. The van der Waals surface area contributed by atoms with Gasteiger partial charge in [-0.2, -0.15) is 0 Å². The predicted molar refractivity (Wildman–Crippen MR) is 63.9 cm³/mol. The number of rotatable bonds is 4. The highest BCUT2D eigenvalue weighted by Gasteiger charge is 2.13. The van der Waals surface area contributed by atoms with E-state index in [1.807, 2.05) is 25.1 Å². The molecule has 1 rings (SSSR count). The molecule has 0 aliphatic rings. The molecule has 1 aromatic rings. The normalized spacial score (nSPS) is 12.2. The van der Waals surface area contributed by atoms with Crippen LogP contribution in [0, 0.1) is 0 Å². The van der Waals surface area contributed by atoms with Crippen LogP contribution < -0.4 is 0 Å². The van der Waals surface area contributed by atoms with E-state index in [9.17, 15) is 4.79 Å². The van der Waals surface area contributed by atoms with Crippen molar-refractivity contribution in [3.8, 4) is 0 Å². The van der Waals surface area contributed by atoms with Crippen LogP contribution in [0.15, 0.2) is 28.7 Å². The first-order valence-corrected chi connectivity index (χ1v) is 5.90. The van der Waals surface area contributed by atoms with Gasteiger partial charge in [0.1, 0.15) is 0 Å². The van der Waals surface area contributed by atoms with E-state index in [0.29, 0.717) is 5.56 Å². The van der Waals surface area contributed by atoms with E-state index < -0.39 is 0 Å². The fourth-order valence-electron chi connectivity index (χ4n) is 1.34. The molecule has 0 aromatic heterocycles. The molecular formula is C12H15BrO2. The van der Waals surface area contributed by atoms with Crippen LogP contribution in [0.5, 0.6) is 0 Å². The summed E-state index contributed by atoms with van der Waals surface area (Å²) >= 11 is 3.32. The van der Waals surface area contributed by atoms with E-state index in [0.717, 1.165) is 17.3 Å². The molecule has 0 spiro atoms. The Morgan fingerprint density at radius 1 is 1.47 bits per heavy atom. The number of esters is 1. The number of ether oxygens (including phenoxy) is 1. The first-order valence-electron chi connectivity index (χ1n) is 5.10. The van der Waals surface area contributed by atoms with E-state index in [-0.39, 0.29) is 12.1 Å². The third-order valence-electron chi connectivity index (χ3n) is 2.10. The minimum Gasteiger partial charge on any atom is -0.459 e. The van der Waals surface area contributed by atoms with Crippen molar-refractivity contribution in [3.63, 3.8) is 0 Å². The first-order chi connectivity index (χ1) is 7.15. The highest BCUT2D eigenvalue weighted by molar-refractivity contribution is 9.10. The van der Waals surface area contributed by atoms with Crippen LogP contribution >= 0.6 is 15.9 Å². The second kappa shape index (κ2) is 5.91. The standard InChI is InChI=1S/C12H15BrO2/c1-3-6-9(2)15-12(14)10-7-4-5-8-11(10)13/h4-5,7-9H,3,6H2,1-2H3. The van der Waals surface area contributed by atoms with Crippen molar-refractivity contribution in [2.75, 3.05) is 0 Å². The zero-order valence-electron chi connectivity index (χ0n) is 9.00. The molecule has 1 aromatic carbocycles. The molecular weight excluding hydrogens is 256 g/mol. The molecule has 0 aliphatic carbocycles. The third-order valence-corrected chi connectivity index (χ3v) is 2.79. The lowest BCUT2D eigenvalue weighted by atomic mass is 10.2. The van der Waals surface area contributed by atoms with Gasteiger partial charge in [-0.05, 0) is 41.4 Å². The van der Waals surface area contributed by atoms with Crippen LogP contribution in [0.2, 0.25) is 0 Å². The molecule has 1 unspecified atom stereocenters. The van der Waals surface area contributed by atoms with Crippen LogP contribution in [0.4, 0.5) is 0 Å². The fourth-order valence-corrected chi connectivity index (χ4v) is 1.79. The lowest BCUT2D eigenvalue weighted by molar-refractivity contribution is 0.0322. The molecule has 15 heavy (non-hydrogen) atoms. The minimum absolute atomic E-state index is 0.0189. The molecule has 82 valence electrons. The van der Waals surface area contributed by atoms with Crippen LogP contribution in [0.25, 0.3) is 0 Å². The minimum atomic E-state index is -0.261. The van der Waals surface area contributed by atoms with Crippen molar-refractivity contribution in [2.24, 2.45) is 0 Å². The molecule has 0 amide bonds. The second-order valence-electron chi connectivity index (χ2n) is 3.48. The monoisotopic (exact) mass is 270 g/mol. The van der Waals surface area contributed by atoms with Gasteiger partial charge in [0, 0.05) is 4.47 Å². The summed E-state index contributed by atoms with van der Waals surface area (Å²) in [6.07, 6.45) is 1.90. The highest BCUT2D eigenvalue weighted by Crippen LogP contribution is 2.17. The quantitative estimate of drug-likeness (QED) is 0.779. The molecule has 0 aliphatic heterocycles. The van der Waals surface area contributed by atoms with E-state index >= 15 is 0 Å². The third kappa shape index (κ3) is 3.67. The Hall–Kier alpha value is -0.830. The topological polar surface area (TPSA) is 26.3 Å². The van der Waals surface area contributed by atoms with Crippen LogP contribution in [0.3, 0.4) is 0 Å². The molecule has 0 fully saturated rings. The largest absolute Gasteiger partial charge is 0.459 e. The van der Waals surface area contributed by atoms with Gasteiger partial charge in [0.15, 0.2) is 0 Å². The van der Waals surface area contributed by atoms with Gasteiger partial charge in [0.2, 0.25) is 0 Å². The van der Waals surface area contributed by atoms with Gasteiger partial charge in [0.25, 0.3) is 0 Å². The Labute approximate surface area is 98.8 Å². The summed E-state index contributed by atoms with van der Waals surface area (Å²) in [6, 6.07) is 7.29. The Kier molecular flexibility index (Phi) is 4.82. The molecule has 0 heterocycles. The van der Waals surface area contributed by atoms with Crippen molar-refractivity contribution in [1.29, 1.82) is 0 Å². The number of hydrogen-bond acceptors (Lipinski definition) is 2. The number of carbonyl (C=O) groups is 1. The van der Waals surface area contributed by atoms with Crippen molar-refractivity contribution >= 4 is 21.9 Å².